The molecule has 0 saturated carbocycles. The molecule has 1 unspecified atom stereocenters. The van der Waals surface area contributed by atoms with E-state index in [0.29, 0.717) is 19.4 Å². The fraction of sp³-hybridized carbons (Fsp3) is 0.462. The zero-order valence-corrected chi connectivity index (χ0v) is 11.3. The van der Waals surface area contributed by atoms with Gasteiger partial charge in [0.15, 0.2) is 0 Å². The van der Waals surface area contributed by atoms with Gasteiger partial charge in [-0.1, -0.05) is 35.0 Å². The number of benzene rings is 1. The molecule has 1 aromatic rings. The second-order valence-electron chi connectivity index (χ2n) is 3.57. The number of rotatable bonds is 6. The Labute approximate surface area is 105 Å². The zero-order valence-electron chi connectivity index (χ0n) is 9.70. The number of hydrogen-bond acceptors (Lipinski definition) is 2. The van der Waals surface area contributed by atoms with E-state index < -0.39 is 0 Å². The fourth-order valence-electron chi connectivity index (χ4n) is 1.47. The molecular weight excluding hydrogens is 268 g/mol. The minimum Gasteiger partial charge on any atom is -0.494 e. The number of alkyl halides is 1. The van der Waals surface area contributed by atoms with Gasteiger partial charge in [-0.2, -0.15) is 0 Å². The summed E-state index contributed by atoms with van der Waals surface area (Å²) >= 11 is 3.41. The van der Waals surface area contributed by atoms with Crippen molar-refractivity contribution in [3.8, 4) is 5.75 Å². The molecule has 0 bridgehead atoms. The first-order chi connectivity index (χ1) is 7.67. The quantitative estimate of drug-likeness (QED) is 0.749. The van der Waals surface area contributed by atoms with Crippen molar-refractivity contribution in [1.29, 1.82) is 0 Å². The normalized spacial score (nSPS) is 12.2. The first-order valence-electron chi connectivity index (χ1n) is 5.55. The monoisotopic (exact) mass is 284 g/mol. The second-order valence-corrected chi connectivity index (χ2v) is 4.68. The van der Waals surface area contributed by atoms with Gasteiger partial charge in [0.05, 0.1) is 11.4 Å². The van der Waals surface area contributed by atoms with Crippen LogP contribution in [0.25, 0.3) is 0 Å². The molecule has 0 aliphatic rings. The number of hydrogen-bond donors (Lipinski definition) is 0. The summed E-state index contributed by atoms with van der Waals surface area (Å²) in [7, 11) is 0. The van der Waals surface area contributed by atoms with Gasteiger partial charge in [-0.25, -0.2) is 0 Å². The molecule has 0 spiro atoms. The van der Waals surface area contributed by atoms with Gasteiger partial charge in [0.25, 0.3) is 0 Å². The summed E-state index contributed by atoms with van der Waals surface area (Å²) < 4.78 is 5.41. The number of halogens is 1. The molecule has 0 saturated heterocycles. The summed E-state index contributed by atoms with van der Waals surface area (Å²) in [5.74, 6) is 1.10. The first kappa shape index (κ1) is 13.2. The highest BCUT2D eigenvalue weighted by Crippen LogP contribution is 2.17. The van der Waals surface area contributed by atoms with E-state index in [1.807, 2.05) is 38.1 Å². The summed E-state index contributed by atoms with van der Waals surface area (Å²) in [6.45, 7) is 4.50. The number of carbonyl (C=O) groups is 1. The van der Waals surface area contributed by atoms with E-state index in [2.05, 4.69) is 15.9 Å². The van der Waals surface area contributed by atoms with Crippen LogP contribution in [-0.2, 0) is 11.2 Å². The Hall–Kier alpha value is -0.830. The number of ketones is 1. The lowest BCUT2D eigenvalue weighted by molar-refractivity contribution is -0.118. The van der Waals surface area contributed by atoms with E-state index in [1.54, 1.807) is 0 Å². The molecule has 16 heavy (non-hydrogen) atoms. The molecule has 1 atom stereocenters. The lowest BCUT2D eigenvalue weighted by Gasteiger charge is -2.09. The average molecular weight is 285 g/mol. The maximum absolute atomic E-state index is 11.4. The van der Waals surface area contributed by atoms with Crippen LogP contribution in [-0.4, -0.2) is 17.2 Å². The Kier molecular flexibility index (Phi) is 5.53. The Bertz CT molecular complexity index is 350. The van der Waals surface area contributed by atoms with Crippen LogP contribution in [0.1, 0.15) is 25.8 Å². The molecule has 0 N–H and O–H groups in total. The van der Waals surface area contributed by atoms with Gasteiger partial charge in [0, 0.05) is 6.42 Å². The minimum absolute atomic E-state index is 0.0885. The molecule has 2 nitrogen and oxygen atoms in total. The van der Waals surface area contributed by atoms with Crippen LogP contribution in [0.2, 0.25) is 0 Å². The van der Waals surface area contributed by atoms with Crippen molar-refractivity contribution in [2.24, 2.45) is 0 Å². The molecule has 0 amide bonds. The van der Waals surface area contributed by atoms with Crippen LogP contribution in [0.15, 0.2) is 24.3 Å². The van der Waals surface area contributed by atoms with Crippen molar-refractivity contribution in [1.82, 2.24) is 0 Å². The Morgan fingerprint density at radius 1 is 1.44 bits per heavy atom. The summed E-state index contributed by atoms with van der Waals surface area (Å²) in [5.41, 5.74) is 1.12. The summed E-state index contributed by atoms with van der Waals surface area (Å²) in [6, 6.07) is 7.88. The molecule has 0 aromatic heterocycles. The summed E-state index contributed by atoms with van der Waals surface area (Å²) in [6.07, 6.45) is 1.29. The molecular formula is C13H17BrO2. The molecule has 0 aliphatic heterocycles. The van der Waals surface area contributed by atoms with Crippen molar-refractivity contribution >= 4 is 21.7 Å². The summed E-state index contributed by atoms with van der Waals surface area (Å²) in [4.78, 5) is 11.4. The maximum atomic E-state index is 11.4. The van der Waals surface area contributed by atoms with Crippen LogP contribution >= 0.6 is 15.9 Å². The molecule has 0 fully saturated rings. The van der Waals surface area contributed by atoms with Gasteiger partial charge < -0.3 is 4.74 Å². The molecule has 0 heterocycles. The van der Waals surface area contributed by atoms with Crippen molar-refractivity contribution in [3.05, 3.63) is 29.8 Å². The third-order valence-electron chi connectivity index (χ3n) is 2.32. The highest BCUT2D eigenvalue weighted by atomic mass is 79.9. The van der Waals surface area contributed by atoms with Crippen LogP contribution < -0.4 is 4.74 Å². The zero-order chi connectivity index (χ0) is 12.0. The molecule has 1 rings (SSSR count). The van der Waals surface area contributed by atoms with Crippen LogP contribution in [0.3, 0.4) is 0 Å². The second kappa shape index (κ2) is 6.69. The van der Waals surface area contributed by atoms with E-state index >= 15 is 0 Å². The van der Waals surface area contributed by atoms with Gasteiger partial charge in [-0.15, -0.1) is 0 Å². The van der Waals surface area contributed by atoms with Gasteiger partial charge in [0.1, 0.15) is 11.5 Å². The van der Waals surface area contributed by atoms with E-state index in [9.17, 15) is 4.79 Å². The van der Waals surface area contributed by atoms with E-state index in [0.717, 1.165) is 11.3 Å². The van der Waals surface area contributed by atoms with Crippen LogP contribution in [0.5, 0.6) is 5.75 Å². The van der Waals surface area contributed by atoms with E-state index in [-0.39, 0.29) is 10.6 Å². The number of Topliss-reactive ketones (excluding diaryl/α,β-unsaturated/α-hetero) is 1. The van der Waals surface area contributed by atoms with Gasteiger partial charge in [-0.05, 0) is 31.0 Å². The lowest BCUT2D eigenvalue weighted by Crippen LogP contribution is -2.15. The van der Waals surface area contributed by atoms with Crippen molar-refractivity contribution in [2.75, 3.05) is 6.61 Å². The van der Waals surface area contributed by atoms with Crippen LogP contribution in [0.4, 0.5) is 0 Å². The smallest absolute Gasteiger partial charge is 0.146 e. The number of ether oxygens (including phenoxy) is 1. The molecule has 0 aliphatic carbocycles. The molecule has 0 radical (unpaired) electrons. The van der Waals surface area contributed by atoms with Crippen molar-refractivity contribution in [2.45, 2.75) is 31.5 Å². The van der Waals surface area contributed by atoms with E-state index in [4.69, 9.17) is 4.74 Å². The van der Waals surface area contributed by atoms with Crippen molar-refractivity contribution in [3.63, 3.8) is 0 Å². The molecule has 88 valence electrons. The maximum Gasteiger partial charge on any atom is 0.146 e. The predicted molar refractivity (Wildman–Crippen MR) is 69.3 cm³/mol. The Morgan fingerprint density at radius 3 is 2.81 bits per heavy atom. The van der Waals surface area contributed by atoms with Gasteiger partial charge in [-0.3, -0.25) is 4.79 Å². The largest absolute Gasteiger partial charge is 0.494 e. The highest BCUT2D eigenvalue weighted by molar-refractivity contribution is 9.10. The molecule has 1 aromatic carbocycles. The van der Waals surface area contributed by atoms with E-state index in [1.165, 1.54) is 0 Å². The fourth-order valence-corrected chi connectivity index (χ4v) is 2.17. The third kappa shape index (κ3) is 3.97. The Morgan fingerprint density at radius 2 is 2.19 bits per heavy atom. The lowest BCUT2D eigenvalue weighted by atomic mass is 10.1. The Balaban J connectivity index is 2.66. The average Bonchev–Trinajstić information content (AvgIpc) is 2.29. The topological polar surface area (TPSA) is 26.3 Å². The third-order valence-corrected chi connectivity index (χ3v) is 3.16. The number of carbonyl (C=O) groups excluding carboxylic acids is 1. The predicted octanol–water partition coefficient (Wildman–Crippen LogP) is 3.37. The first-order valence-corrected chi connectivity index (χ1v) is 6.47. The van der Waals surface area contributed by atoms with Gasteiger partial charge >= 0.3 is 0 Å². The summed E-state index contributed by atoms with van der Waals surface area (Å²) in [5, 5.41) is 0. The standard InChI is InChI=1S/C13H17BrO2/c1-3-13(15)12(14)9-10-6-5-7-11(8-10)16-4-2/h5-8,12H,3-4,9H2,1-2H3. The SMILES string of the molecule is CCOc1cccc(CC(Br)C(=O)CC)c1. The molecule has 3 heteroatoms. The minimum atomic E-state index is -0.0885. The van der Waals surface area contributed by atoms with Crippen molar-refractivity contribution < 1.29 is 9.53 Å². The van der Waals surface area contributed by atoms with Crippen LogP contribution in [0, 0.1) is 0 Å². The highest BCUT2D eigenvalue weighted by Gasteiger charge is 2.13. The van der Waals surface area contributed by atoms with Gasteiger partial charge in [0.2, 0.25) is 0 Å².